The van der Waals surface area contributed by atoms with E-state index < -0.39 is 28.1 Å². The normalized spacial score (nSPS) is 23.0. The number of sulfonamides is 1. The van der Waals surface area contributed by atoms with Gasteiger partial charge in [-0.1, -0.05) is 18.2 Å². The zero-order valence-corrected chi connectivity index (χ0v) is 12.3. The van der Waals surface area contributed by atoms with Gasteiger partial charge in [0.25, 0.3) is 0 Å². The first-order valence-corrected chi connectivity index (χ1v) is 8.14. The number of carbonyl (C=O) groups is 1. The highest BCUT2D eigenvalue weighted by atomic mass is 32.2. The Kier molecular flexibility index (Phi) is 3.57. The lowest BCUT2D eigenvalue weighted by atomic mass is 10.2. The molecule has 0 radical (unpaired) electrons. The van der Waals surface area contributed by atoms with Crippen molar-refractivity contribution in [2.45, 2.75) is 23.5 Å². The third-order valence-corrected chi connectivity index (χ3v) is 5.62. The highest BCUT2D eigenvalue weighted by Crippen LogP contribution is 2.30. The molecule has 3 rings (SSSR count). The van der Waals surface area contributed by atoms with Gasteiger partial charge >= 0.3 is 0 Å². The molecule has 1 aliphatic heterocycles. The molecule has 2 heterocycles. The summed E-state index contributed by atoms with van der Waals surface area (Å²) in [6.45, 7) is -0.376. The largest absolute Gasteiger partial charge is 0.368 e. The molecule has 1 aromatic heterocycles. The molecule has 6 nitrogen and oxygen atoms in total. The lowest BCUT2D eigenvalue weighted by Gasteiger charge is -2.21. The van der Waals surface area contributed by atoms with Crippen LogP contribution < -0.4 is 5.73 Å². The van der Waals surface area contributed by atoms with Crippen molar-refractivity contribution in [3.8, 4) is 0 Å². The van der Waals surface area contributed by atoms with Crippen LogP contribution in [-0.2, 0) is 14.8 Å². The first-order chi connectivity index (χ1) is 10.4. The highest BCUT2D eigenvalue weighted by molar-refractivity contribution is 7.89. The molecule has 0 spiro atoms. The molecule has 2 aromatic rings. The fourth-order valence-corrected chi connectivity index (χ4v) is 4.49. The number of rotatable bonds is 3. The number of nitrogens with zero attached hydrogens (tertiary/aromatic N) is 2. The predicted octanol–water partition coefficient (Wildman–Crippen LogP) is 0.821. The summed E-state index contributed by atoms with van der Waals surface area (Å²) in [4.78, 5) is 15.5. The van der Waals surface area contributed by atoms with E-state index in [1.807, 2.05) is 0 Å². The van der Waals surface area contributed by atoms with Gasteiger partial charge in [-0.2, -0.15) is 4.31 Å². The molecule has 1 fully saturated rings. The summed E-state index contributed by atoms with van der Waals surface area (Å²) >= 11 is 0. The quantitative estimate of drug-likeness (QED) is 0.905. The maximum atomic E-state index is 13.6. The summed E-state index contributed by atoms with van der Waals surface area (Å²) in [6.07, 6.45) is -0.142. The maximum absolute atomic E-state index is 13.6. The van der Waals surface area contributed by atoms with E-state index in [4.69, 9.17) is 5.73 Å². The summed E-state index contributed by atoms with van der Waals surface area (Å²) in [6, 6.07) is 6.97. The van der Waals surface area contributed by atoms with Crippen LogP contribution in [0.1, 0.15) is 6.42 Å². The van der Waals surface area contributed by atoms with Crippen LogP contribution in [0, 0.1) is 0 Å². The lowest BCUT2D eigenvalue weighted by Crippen LogP contribution is -2.43. The number of benzene rings is 1. The van der Waals surface area contributed by atoms with E-state index in [2.05, 4.69) is 4.98 Å². The molecule has 2 atom stereocenters. The topological polar surface area (TPSA) is 93.4 Å². The first kappa shape index (κ1) is 14.9. The molecule has 116 valence electrons. The fourth-order valence-electron chi connectivity index (χ4n) is 2.69. The van der Waals surface area contributed by atoms with Gasteiger partial charge in [0, 0.05) is 24.5 Å². The molecular weight excluding hydrogens is 309 g/mol. The molecular formula is C14H14FN3O3S. The van der Waals surface area contributed by atoms with Crippen LogP contribution in [0.5, 0.6) is 0 Å². The Bertz CT molecular complexity index is 835. The van der Waals surface area contributed by atoms with Crippen molar-refractivity contribution in [3.05, 3.63) is 36.5 Å². The van der Waals surface area contributed by atoms with Gasteiger partial charge in [0.1, 0.15) is 17.1 Å². The molecule has 22 heavy (non-hydrogen) atoms. The van der Waals surface area contributed by atoms with E-state index in [1.54, 1.807) is 24.3 Å². The monoisotopic (exact) mass is 323 g/mol. The summed E-state index contributed by atoms with van der Waals surface area (Å²) < 4.78 is 40.1. The molecule has 2 N–H and O–H groups in total. The molecule has 0 saturated carbocycles. The maximum Gasteiger partial charge on any atom is 0.246 e. The second kappa shape index (κ2) is 5.29. The second-order valence-corrected chi connectivity index (χ2v) is 7.02. The Hall–Kier alpha value is -2.06. The number of amides is 1. The molecule has 8 heteroatoms. The number of halogens is 1. The molecule has 0 bridgehead atoms. The van der Waals surface area contributed by atoms with E-state index in [1.165, 1.54) is 12.3 Å². The van der Waals surface area contributed by atoms with Crippen LogP contribution in [0.2, 0.25) is 0 Å². The lowest BCUT2D eigenvalue weighted by molar-refractivity contribution is -0.121. The van der Waals surface area contributed by atoms with Gasteiger partial charge in [0.15, 0.2) is 0 Å². The molecule has 1 amide bonds. The average Bonchev–Trinajstić information content (AvgIpc) is 2.90. The van der Waals surface area contributed by atoms with Crippen molar-refractivity contribution in [1.82, 2.24) is 9.29 Å². The van der Waals surface area contributed by atoms with Crippen LogP contribution in [0.3, 0.4) is 0 Å². The van der Waals surface area contributed by atoms with Crippen LogP contribution in [0.15, 0.2) is 41.4 Å². The average molecular weight is 323 g/mol. The van der Waals surface area contributed by atoms with Gasteiger partial charge in [-0.05, 0) is 12.1 Å². The summed E-state index contributed by atoms with van der Waals surface area (Å²) in [7, 11) is -4.06. The van der Waals surface area contributed by atoms with Crippen LogP contribution >= 0.6 is 0 Å². The van der Waals surface area contributed by atoms with Crippen LogP contribution in [0.25, 0.3) is 10.9 Å². The van der Waals surface area contributed by atoms with Crippen molar-refractivity contribution < 1.29 is 17.6 Å². The Balaban J connectivity index is 2.14. The molecule has 1 aliphatic rings. The minimum absolute atomic E-state index is 0.0500. The Labute approximate surface area is 126 Å². The number of alkyl halides is 1. The summed E-state index contributed by atoms with van der Waals surface area (Å²) in [5, 5.41) is 0.648. The number of pyridine rings is 1. The van der Waals surface area contributed by atoms with Crippen molar-refractivity contribution >= 4 is 26.8 Å². The molecule has 0 aliphatic carbocycles. The SMILES string of the molecule is NC(=O)[C@@H]1C[C@@H](F)CN1S(=O)(=O)c1cccc2cccnc12. The number of para-hydroxylation sites is 1. The van der Waals surface area contributed by atoms with E-state index in [-0.39, 0.29) is 23.4 Å². The van der Waals surface area contributed by atoms with Gasteiger partial charge < -0.3 is 5.73 Å². The Morgan fingerprint density at radius 2 is 2.05 bits per heavy atom. The second-order valence-electron chi connectivity index (χ2n) is 5.16. The first-order valence-electron chi connectivity index (χ1n) is 6.70. The highest BCUT2D eigenvalue weighted by Gasteiger charge is 2.43. The van der Waals surface area contributed by atoms with Gasteiger partial charge in [0.2, 0.25) is 15.9 Å². The van der Waals surface area contributed by atoms with Crippen molar-refractivity contribution in [2.24, 2.45) is 5.73 Å². The summed E-state index contributed by atoms with van der Waals surface area (Å²) in [5.41, 5.74) is 5.50. The fraction of sp³-hybridized carbons (Fsp3) is 0.286. The number of primary amides is 1. The van der Waals surface area contributed by atoms with Gasteiger partial charge in [-0.25, -0.2) is 12.8 Å². The number of hydrogen-bond donors (Lipinski definition) is 1. The molecule has 1 saturated heterocycles. The summed E-state index contributed by atoms with van der Waals surface area (Å²) in [5.74, 6) is -0.850. The smallest absolute Gasteiger partial charge is 0.246 e. The van der Waals surface area contributed by atoms with Gasteiger partial charge in [0.05, 0.1) is 5.52 Å². The Morgan fingerprint density at radius 3 is 2.77 bits per heavy atom. The predicted molar refractivity (Wildman–Crippen MR) is 78.1 cm³/mol. The van der Waals surface area contributed by atoms with E-state index in [9.17, 15) is 17.6 Å². The van der Waals surface area contributed by atoms with Crippen LogP contribution in [-0.4, -0.2) is 42.4 Å². The number of nitrogens with two attached hydrogens (primary N) is 1. The molecule has 1 aromatic carbocycles. The standard InChI is InChI=1S/C14H14FN3O3S/c15-10-7-11(14(16)19)18(8-10)22(20,21)12-5-1-3-9-4-2-6-17-13(9)12/h1-6,10-11H,7-8H2,(H2,16,19)/t10-,11+/m1/s1. The molecule has 0 unspecified atom stereocenters. The van der Waals surface area contributed by atoms with Crippen molar-refractivity contribution in [1.29, 1.82) is 0 Å². The van der Waals surface area contributed by atoms with E-state index in [0.29, 0.717) is 5.39 Å². The zero-order valence-electron chi connectivity index (χ0n) is 11.5. The Morgan fingerprint density at radius 1 is 1.32 bits per heavy atom. The minimum atomic E-state index is -4.06. The number of carbonyl (C=O) groups excluding carboxylic acids is 1. The number of hydrogen-bond acceptors (Lipinski definition) is 4. The van der Waals surface area contributed by atoms with E-state index >= 15 is 0 Å². The van der Waals surface area contributed by atoms with Crippen molar-refractivity contribution in [2.75, 3.05) is 6.54 Å². The van der Waals surface area contributed by atoms with Gasteiger partial charge in [-0.15, -0.1) is 0 Å². The van der Waals surface area contributed by atoms with Crippen LogP contribution in [0.4, 0.5) is 4.39 Å². The third kappa shape index (κ3) is 2.34. The van der Waals surface area contributed by atoms with Crippen molar-refractivity contribution in [3.63, 3.8) is 0 Å². The number of fused-ring (bicyclic) bond motifs is 1. The van der Waals surface area contributed by atoms with E-state index in [0.717, 1.165) is 4.31 Å². The zero-order chi connectivity index (χ0) is 15.9. The third-order valence-electron chi connectivity index (χ3n) is 3.72. The number of aromatic nitrogens is 1. The minimum Gasteiger partial charge on any atom is -0.368 e. The van der Waals surface area contributed by atoms with Gasteiger partial charge in [-0.3, -0.25) is 9.78 Å².